The molecule has 17 unspecified atom stereocenters. The highest BCUT2D eigenvalue weighted by Crippen LogP contribution is 2.34. The van der Waals surface area contributed by atoms with Crippen LogP contribution in [0.4, 0.5) is 0 Å². The van der Waals surface area contributed by atoms with Crippen molar-refractivity contribution in [3.63, 3.8) is 0 Å². The molecule has 3 saturated heterocycles. The van der Waals surface area contributed by atoms with E-state index in [1.54, 1.807) is 6.08 Å². The summed E-state index contributed by atoms with van der Waals surface area (Å²) in [6, 6.07) is -0.977. The van der Waals surface area contributed by atoms with Crippen LogP contribution < -0.4 is 5.32 Å². The Morgan fingerprint density at radius 1 is 0.325 bits per heavy atom. The predicted molar refractivity (Wildman–Crippen MR) is 462 cm³/mol. The predicted octanol–water partition coefficient (Wildman–Crippen LogP) is 18.7. The van der Waals surface area contributed by atoms with Gasteiger partial charge in [-0.05, 0) is 64.2 Å². The summed E-state index contributed by atoms with van der Waals surface area (Å²) in [5.74, 6) is -0.269. The molecule has 3 rings (SSSR count). The summed E-state index contributed by atoms with van der Waals surface area (Å²) in [5, 5.41) is 121. The fourth-order valence-electron chi connectivity index (χ4n) is 15.8. The number of aliphatic hydroxyl groups is 11. The van der Waals surface area contributed by atoms with Crippen molar-refractivity contribution in [2.75, 3.05) is 26.4 Å². The molecule has 3 aliphatic rings. The second kappa shape index (κ2) is 74.1. The quantitative estimate of drug-likeness (QED) is 0.0199. The molecule has 17 atom stereocenters. The molecule has 0 saturated carbocycles. The molecule has 19 heteroatoms. The summed E-state index contributed by atoms with van der Waals surface area (Å²) < 4.78 is 34.6. The Bertz CT molecular complexity index is 2340. The Morgan fingerprint density at radius 3 is 0.947 bits per heavy atom. The lowest BCUT2D eigenvalue weighted by molar-refractivity contribution is -0.379. The van der Waals surface area contributed by atoms with Gasteiger partial charge < -0.3 is 89.9 Å². The molecular weight excluding hydrogens is 1440 g/mol. The Kier molecular flexibility index (Phi) is 68.5. The number of carbonyl (C=O) groups is 1. The zero-order valence-electron chi connectivity index (χ0n) is 72.1. The van der Waals surface area contributed by atoms with E-state index in [9.17, 15) is 61.0 Å². The van der Waals surface area contributed by atoms with Crippen molar-refractivity contribution in [1.82, 2.24) is 5.32 Å². The molecule has 0 bridgehead atoms. The monoisotopic (exact) mass is 1620 g/mol. The van der Waals surface area contributed by atoms with Gasteiger partial charge >= 0.3 is 0 Å². The van der Waals surface area contributed by atoms with E-state index in [0.717, 1.165) is 77.0 Å². The Labute approximate surface area is 693 Å². The van der Waals surface area contributed by atoms with Crippen LogP contribution in [0.5, 0.6) is 0 Å². The summed E-state index contributed by atoms with van der Waals surface area (Å²) in [6.07, 6.45) is 73.5. The number of hydrogen-bond acceptors (Lipinski definition) is 18. The minimum atomic E-state index is -1.98. The zero-order chi connectivity index (χ0) is 82.4. The molecule has 0 aromatic heterocycles. The Morgan fingerprint density at radius 2 is 0.605 bits per heavy atom. The number of hydrogen-bond donors (Lipinski definition) is 12. The van der Waals surface area contributed by atoms with E-state index in [1.165, 1.54) is 289 Å². The lowest BCUT2D eigenvalue weighted by atomic mass is 9.96. The molecule has 3 fully saturated rings. The van der Waals surface area contributed by atoms with Crippen LogP contribution in [0.1, 0.15) is 393 Å². The third-order valence-electron chi connectivity index (χ3n) is 23.3. The average molecular weight is 1620 g/mol. The summed E-state index contributed by atoms with van der Waals surface area (Å²) in [7, 11) is 0. The first kappa shape index (κ1) is 105. The Hall–Kier alpha value is -2.77. The maximum absolute atomic E-state index is 13.5. The van der Waals surface area contributed by atoms with Crippen molar-refractivity contribution in [3.05, 3.63) is 72.9 Å². The lowest BCUT2D eigenvalue weighted by Crippen LogP contribution is -2.66. The number of nitrogens with one attached hydrogen (secondary N) is 1. The SMILES string of the molecule is CC/C=C\C/C=C\C/C=C\C/C=C\C/C=C\CCCCCCCCCCCCCCCCCCCCCCCC(=O)NC(COC1OC(CO)C(OC2OC(CO)C(OC3OC(CO)C(O)C(O)C3O)C(O)C2O)C(O)C1O)C(O)/C=C/CCCCCCCCCCCCCCCCCCCCCCCCCCCCCCCC. The molecule has 1 amide bonds. The highest BCUT2D eigenvalue weighted by molar-refractivity contribution is 5.76. The van der Waals surface area contributed by atoms with E-state index < -0.39 is 124 Å². The van der Waals surface area contributed by atoms with E-state index in [4.69, 9.17) is 28.4 Å². The Balaban J connectivity index is 1.31. The number of amides is 1. The molecular formula is C95H173NO18. The van der Waals surface area contributed by atoms with Crippen LogP contribution in [0.2, 0.25) is 0 Å². The number of rotatable bonds is 77. The normalized spacial score (nSPS) is 25.0. The van der Waals surface area contributed by atoms with Crippen molar-refractivity contribution < 1.29 is 89.4 Å². The lowest BCUT2D eigenvalue weighted by Gasteiger charge is -2.48. The third kappa shape index (κ3) is 51.8. The van der Waals surface area contributed by atoms with Gasteiger partial charge in [0.1, 0.15) is 73.2 Å². The number of aliphatic hydroxyl groups excluding tert-OH is 11. The molecule has 3 aliphatic heterocycles. The van der Waals surface area contributed by atoms with Gasteiger partial charge in [-0.15, -0.1) is 0 Å². The average Bonchev–Trinajstić information content (AvgIpc) is 0.777. The van der Waals surface area contributed by atoms with E-state index in [0.29, 0.717) is 6.42 Å². The van der Waals surface area contributed by atoms with Gasteiger partial charge in [0.05, 0.1) is 38.6 Å². The van der Waals surface area contributed by atoms with Gasteiger partial charge in [0, 0.05) is 6.42 Å². The molecule has 12 N–H and O–H groups in total. The first-order valence-corrected chi connectivity index (χ1v) is 47.2. The minimum absolute atomic E-state index is 0.245. The summed E-state index contributed by atoms with van der Waals surface area (Å²) >= 11 is 0. The maximum Gasteiger partial charge on any atom is 0.220 e. The van der Waals surface area contributed by atoms with E-state index in [2.05, 4.69) is 79.9 Å². The van der Waals surface area contributed by atoms with Crippen molar-refractivity contribution in [2.45, 2.75) is 497 Å². The first-order chi connectivity index (χ1) is 55.8. The van der Waals surface area contributed by atoms with E-state index in [1.807, 2.05) is 6.08 Å². The first-order valence-electron chi connectivity index (χ1n) is 47.2. The van der Waals surface area contributed by atoms with Crippen molar-refractivity contribution in [1.29, 1.82) is 0 Å². The van der Waals surface area contributed by atoms with Crippen molar-refractivity contribution in [2.24, 2.45) is 0 Å². The van der Waals surface area contributed by atoms with Gasteiger partial charge in [-0.25, -0.2) is 0 Å². The number of unbranched alkanes of at least 4 members (excludes halogenated alkanes) is 51. The molecule has 0 aromatic carbocycles. The fraction of sp³-hybridized carbons (Fsp3) is 0.863. The highest BCUT2D eigenvalue weighted by atomic mass is 16.8. The van der Waals surface area contributed by atoms with Gasteiger partial charge in [-0.1, -0.05) is 395 Å². The molecule has 19 nitrogen and oxygen atoms in total. The van der Waals surface area contributed by atoms with Crippen LogP contribution in [0.15, 0.2) is 72.9 Å². The summed E-state index contributed by atoms with van der Waals surface area (Å²) in [6.45, 7) is 1.69. The molecule has 3 heterocycles. The minimum Gasteiger partial charge on any atom is -0.394 e. The number of ether oxygens (including phenoxy) is 6. The molecule has 0 aliphatic carbocycles. The molecule has 666 valence electrons. The second-order valence-electron chi connectivity index (χ2n) is 33.5. The molecule has 114 heavy (non-hydrogen) atoms. The van der Waals surface area contributed by atoms with Crippen molar-refractivity contribution in [3.8, 4) is 0 Å². The van der Waals surface area contributed by atoms with Crippen molar-refractivity contribution >= 4 is 5.91 Å². The van der Waals surface area contributed by atoms with Crippen LogP contribution in [0.25, 0.3) is 0 Å². The molecule has 0 radical (unpaired) electrons. The highest BCUT2D eigenvalue weighted by Gasteiger charge is 2.54. The maximum atomic E-state index is 13.5. The van der Waals surface area contributed by atoms with Gasteiger partial charge in [-0.3, -0.25) is 4.79 Å². The number of carbonyl (C=O) groups excluding carboxylic acids is 1. The van der Waals surface area contributed by atoms with Crippen LogP contribution in [0.3, 0.4) is 0 Å². The van der Waals surface area contributed by atoms with Crippen LogP contribution in [-0.2, 0) is 33.2 Å². The zero-order valence-corrected chi connectivity index (χ0v) is 72.1. The largest absolute Gasteiger partial charge is 0.394 e. The molecule has 0 aromatic rings. The number of allylic oxidation sites excluding steroid dienone is 11. The third-order valence-corrected chi connectivity index (χ3v) is 23.3. The van der Waals surface area contributed by atoms with Crippen LogP contribution >= 0.6 is 0 Å². The van der Waals surface area contributed by atoms with Crippen LogP contribution in [0, 0.1) is 0 Å². The summed E-state index contributed by atoms with van der Waals surface area (Å²) in [4.78, 5) is 13.5. The van der Waals surface area contributed by atoms with E-state index >= 15 is 0 Å². The van der Waals surface area contributed by atoms with Gasteiger partial charge in [-0.2, -0.15) is 0 Å². The topological polar surface area (TPSA) is 307 Å². The van der Waals surface area contributed by atoms with Gasteiger partial charge in [0.2, 0.25) is 5.91 Å². The van der Waals surface area contributed by atoms with E-state index in [-0.39, 0.29) is 18.9 Å². The smallest absolute Gasteiger partial charge is 0.220 e. The van der Waals surface area contributed by atoms with Gasteiger partial charge in [0.15, 0.2) is 18.9 Å². The summed E-state index contributed by atoms with van der Waals surface area (Å²) in [5.41, 5.74) is 0. The molecule has 0 spiro atoms. The standard InChI is InChI=1S/C95H173NO18/c1-3-5-7-9-11-13-15-17-19-21-23-25-27-29-31-33-35-37-38-39-40-41-43-45-47-49-51-53-55-57-59-61-63-65-67-69-71-73-83(101)96-78(79(100)72-70-68-66-64-62-60-58-56-54-52-50-48-46-44-42-36-34-32-30-28-26-24-22-20-18-16-14-12-10-8-6-4-2)77-109-93-89(107)86(104)91(81(75-98)111-93)114-95-90(108)87(105)92(82(76-99)112-95)113-94-88(106)85(103)84(102)80(74-97)110-94/h5,7,11,13,17,19,23,25,29,31,70,72,78-82,84-95,97-100,102-108H,3-4,6,8-10,12,14-16,18,20-22,24,26-28,30,32-69,71,73-77H2,1-2H3,(H,96,101)/b7-5-,13-11-,19-17-,25-23-,31-29-,72-70+. The van der Waals surface area contributed by atoms with Crippen LogP contribution in [-0.4, -0.2) is 193 Å². The fourth-order valence-corrected chi connectivity index (χ4v) is 15.8. The second-order valence-corrected chi connectivity index (χ2v) is 33.5. The van der Waals surface area contributed by atoms with Gasteiger partial charge in [0.25, 0.3) is 0 Å².